The van der Waals surface area contributed by atoms with Gasteiger partial charge in [0.25, 0.3) is 0 Å². The molecule has 0 unspecified atom stereocenters. The molecule has 0 saturated heterocycles. The summed E-state index contributed by atoms with van der Waals surface area (Å²) in [4.78, 5) is 0. The molecule has 0 spiro atoms. The fourth-order valence-corrected chi connectivity index (χ4v) is 14.8. The first-order valence-corrected chi connectivity index (χ1v) is 12.1. The Balaban J connectivity index is 2.76. The van der Waals surface area contributed by atoms with E-state index in [0.717, 1.165) is 16.8 Å². The number of hydrogen-bond donors (Lipinski definition) is 0. The lowest BCUT2D eigenvalue weighted by molar-refractivity contribution is 0.340. The van der Waals surface area contributed by atoms with Crippen molar-refractivity contribution in [2.24, 2.45) is 0 Å². The molecule has 1 aromatic carbocycles. The van der Waals surface area contributed by atoms with E-state index in [9.17, 15) is 4.57 Å². The third-order valence-electron chi connectivity index (χ3n) is 4.90. The summed E-state index contributed by atoms with van der Waals surface area (Å²) < 4.78 is 26.8. The van der Waals surface area contributed by atoms with Crippen LogP contribution < -0.4 is 14.8 Å². The van der Waals surface area contributed by atoms with Gasteiger partial charge < -0.3 is 14.0 Å². The summed E-state index contributed by atoms with van der Waals surface area (Å²) in [6.07, 6.45) is 0. The van der Waals surface area contributed by atoms with Gasteiger partial charge in [-0.05, 0) is 25.2 Å². The van der Waals surface area contributed by atoms with Crippen molar-refractivity contribution in [3.63, 3.8) is 0 Å². The molecule has 5 heteroatoms. The molecule has 1 aromatic rings. The van der Waals surface area contributed by atoms with Crippen LogP contribution in [0.4, 0.5) is 0 Å². The number of benzene rings is 1. The molecule has 0 N–H and O–H groups in total. The average Bonchev–Trinajstić information content (AvgIpc) is 2.83. The van der Waals surface area contributed by atoms with Crippen LogP contribution in [0, 0.1) is 0 Å². The number of hydrogen-bond acceptors (Lipinski definition) is 3. The van der Waals surface area contributed by atoms with Crippen LogP contribution in [0.15, 0.2) is 18.2 Å². The molecule has 0 radical (unpaired) electrons. The monoisotopic (exact) mass is 384 g/mol. The molecular formula is C20H34O3P2. The van der Waals surface area contributed by atoms with E-state index in [1.807, 2.05) is 18.2 Å². The second kappa shape index (κ2) is 6.28. The minimum atomic E-state index is -2.75. The molecule has 0 saturated carbocycles. The summed E-state index contributed by atoms with van der Waals surface area (Å²) in [6, 6.07) is 5.94. The minimum absolute atomic E-state index is 0.0357. The molecule has 1 heterocycles. The van der Waals surface area contributed by atoms with Gasteiger partial charge in [-0.3, -0.25) is 0 Å². The zero-order valence-corrected chi connectivity index (χ0v) is 19.2. The van der Waals surface area contributed by atoms with E-state index < -0.39 is 15.1 Å². The molecule has 0 fully saturated rings. The highest BCUT2D eigenvalue weighted by Gasteiger charge is 2.60. The Morgan fingerprint density at radius 2 is 1.52 bits per heavy atom. The van der Waals surface area contributed by atoms with Crippen LogP contribution in [0.3, 0.4) is 0 Å². The number of rotatable bonds is 2. The van der Waals surface area contributed by atoms with Crippen molar-refractivity contribution in [1.29, 1.82) is 0 Å². The van der Waals surface area contributed by atoms with Gasteiger partial charge in [0.05, 0.1) is 12.4 Å². The minimum Gasteiger partial charge on any atom is -0.496 e. The standard InChI is InChI=1S/C20H34O3P2/c1-18(2,3)24-16-14(22-10)12-11-13-15(16)23-17(24)25(21,19(4,5)6)20(7,8)9/h11-13,17H,1-10H3/t17-,24+/m0/s1. The van der Waals surface area contributed by atoms with Gasteiger partial charge in [0.2, 0.25) is 0 Å². The molecule has 0 bridgehead atoms. The first-order valence-electron chi connectivity index (χ1n) is 8.89. The summed E-state index contributed by atoms with van der Waals surface area (Å²) in [5, 5.41) is 0.423. The van der Waals surface area contributed by atoms with E-state index in [0.29, 0.717) is 0 Å². The van der Waals surface area contributed by atoms with Gasteiger partial charge in [-0.15, -0.1) is 0 Å². The Bertz CT molecular complexity index is 672. The first-order chi connectivity index (χ1) is 11.2. The molecule has 1 aliphatic rings. The third-order valence-corrected chi connectivity index (χ3v) is 14.2. The van der Waals surface area contributed by atoms with Crippen molar-refractivity contribution in [1.82, 2.24) is 0 Å². The van der Waals surface area contributed by atoms with Crippen molar-refractivity contribution in [2.75, 3.05) is 7.11 Å². The lowest BCUT2D eigenvalue weighted by Gasteiger charge is -2.47. The summed E-state index contributed by atoms with van der Waals surface area (Å²) in [6.45, 7) is 19.3. The maximum absolute atomic E-state index is 14.6. The molecule has 0 aliphatic carbocycles. The SMILES string of the molecule is COc1cccc2c1[P@@](C(C)(C)C)[C@@H](P(=O)(C(C)(C)C)C(C)(C)C)O2. The normalized spacial score (nSPS) is 21.7. The van der Waals surface area contributed by atoms with E-state index in [4.69, 9.17) is 9.47 Å². The van der Waals surface area contributed by atoms with Gasteiger partial charge in [0.15, 0.2) is 5.59 Å². The molecule has 2 atom stereocenters. The molecule has 3 nitrogen and oxygen atoms in total. The molecule has 1 aliphatic heterocycles. The highest BCUT2D eigenvalue weighted by molar-refractivity contribution is 7.84. The van der Waals surface area contributed by atoms with E-state index in [1.165, 1.54) is 0 Å². The second-order valence-electron chi connectivity index (χ2n) is 9.79. The van der Waals surface area contributed by atoms with Crippen molar-refractivity contribution >= 4 is 20.4 Å². The topological polar surface area (TPSA) is 35.5 Å². The number of fused-ring (bicyclic) bond motifs is 1. The van der Waals surface area contributed by atoms with E-state index in [-0.39, 0.29) is 21.1 Å². The van der Waals surface area contributed by atoms with E-state index in [1.54, 1.807) is 7.11 Å². The van der Waals surface area contributed by atoms with Crippen LogP contribution in [-0.4, -0.2) is 28.2 Å². The fourth-order valence-electron chi connectivity index (χ4n) is 3.85. The second-order valence-corrected chi connectivity index (χ2v) is 17.7. The van der Waals surface area contributed by atoms with Gasteiger partial charge in [-0.1, -0.05) is 68.4 Å². The third kappa shape index (κ3) is 3.28. The van der Waals surface area contributed by atoms with Gasteiger partial charge in [-0.2, -0.15) is 0 Å². The predicted molar refractivity (Wildman–Crippen MR) is 111 cm³/mol. The quantitative estimate of drug-likeness (QED) is 0.567. The van der Waals surface area contributed by atoms with E-state index >= 15 is 0 Å². The zero-order valence-electron chi connectivity index (χ0n) is 17.4. The maximum atomic E-state index is 14.6. The van der Waals surface area contributed by atoms with Crippen LogP contribution >= 0.6 is 15.1 Å². The summed E-state index contributed by atoms with van der Waals surface area (Å²) in [5.74, 6) is 1.70. The Morgan fingerprint density at radius 3 is 1.92 bits per heavy atom. The van der Waals surface area contributed by atoms with Crippen LogP contribution in [0.1, 0.15) is 62.3 Å². The predicted octanol–water partition coefficient (Wildman–Crippen LogP) is 6.24. The lowest BCUT2D eigenvalue weighted by atomic mass is 10.2. The number of ether oxygens (including phenoxy) is 2. The van der Waals surface area contributed by atoms with Crippen LogP contribution in [0.2, 0.25) is 0 Å². The average molecular weight is 384 g/mol. The van der Waals surface area contributed by atoms with Gasteiger partial charge in [0.1, 0.15) is 18.6 Å². The van der Waals surface area contributed by atoms with Crippen molar-refractivity contribution < 1.29 is 14.0 Å². The van der Waals surface area contributed by atoms with Crippen LogP contribution in [0.25, 0.3) is 0 Å². The zero-order chi connectivity index (χ0) is 19.4. The molecule has 0 amide bonds. The van der Waals surface area contributed by atoms with E-state index in [2.05, 4.69) is 62.3 Å². The van der Waals surface area contributed by atoms with Gasteiger partial charge in [0, 0.05) is 10.3 Å². The van der Waals surface area contributed by atoms with Gasteiger partial charge >= 0.3 is 0 Å². The first kappa shape index (κ1) is 20.8. The summed E-state index contributed by atoms with van der Waals surface area (Å²) in [5.41, 5.74) is -0.284. The lowest BCUT2D eigenvalue weighted by Crippen LogP contribution is -2.38. The summed E-state index contributed by atoms with van der Waals surface area (Å²) >= 11 is 0. The van der Waals surface area contributed by atoms with Crippen molar-refractivity contribution in [3.8, 4) is 11.5 Å². The van der Waals surface area contributed by atoms with Gasteiger partial charge in [-0.25, -0.2) is 0 Å². The Kier molecular flexibility index (Phi) is 5.22. The molecule has 25 heavy (non-hydrogen) atoms. The molecular weight excluding hydrogens is 350 g/mol. The van der Waals surface area contributed by atoms with Crippen LogP contribution in [-0.2, 0) is 4.57 Å². The summed E-state index contributed by atoms with van der Waals surface area (Å²) in [7, 11) is -1.87. The van der Waals surface area contributed by atoms with Crippen molar-refractivity contribution in [3.05, 3.63) is 18.2 Å². The maximum Gasteiger partial charge on any atom is 0.174 e. The Labute approximate surface area is 155 Å². The largest absolute Gasteiger partial charge is 0.496 e. The Hall–Kier alpha value is -0.520. The van der Waals surface area contributed by atoms with Crippen LogP contribution in [0.5, 0.6) is 11.5 Å². The molecule has 142 valence electrons. The fraction of sp³-hybridized carbons (Fsp3) is 0.700. The molecule has 0 aromatic heterocycles. The highest BCUT2D eigenvalue weighted by atomic mass is 31.2. The van der Waals surface area contributed by atoms with Crippen molar-refractivity contribution in [2.45, 2.75) is 83.4 Å². The smallest absolute Gasteiger partial charge is 0.174 e. The molecule has 2 rings (SSSR count). The highest BCUT2D eigenvalue weighted by Crippen LogP contribution is 2.80. The Morgan fingerprint density at radius 1 is 1.00 bits per heavy atom. The number of methoxy groups -OCH3 is 1.